The van der Waals surface area contributed by atoms with Gasteiger partial charge in [-0.1, -0.05) is 42.0 Å². The van der Waals surface area contributed by atoms with Gasteiger partial charge in [-0.15, -0.1) is 0 Å². The monoisotopic (exact) mass is 416 g/mol. The smallest absolute Gasteiger partial charge is 0.227 e. The molecule has 4 rings (SSSR count). The summed E-state index contributed by atoms with van der Waals surface area (Å²) in [5.74, 6) is 1.44. The van der Waals surface area contributed by atoms with E-state index in [4.69, 9.17) is 4.74 Å². The number of carbonyl (C=O) groups is 1. The van der Waals surface area contributed by atoms with Crippen LogP contribution >= 0.6 is 0 Å². The van der Waals surface area contributed by atoms with Crippen LogP contribution in [0.25, 0.3) is 11.1 Å². The minimum Gasteiger partial charge on any atom is -0.492 e. The highest BCUT2D eigenvalue weighted by atomic mass is 16.5. The molecular formula is C25H28N4O2. The van der Waals surface area contributed by atoms with Crippen LogP contribution in [0.5, 0.6) is 5.75 Å². The number of nitrogens with zero attached hydrogens (tertiary/aromatic N) is 3. The maximum atomic E-state index is 12.8. The molecule has 0 unspecified atom stereocenters. The molecule has 0 saturated carbocycles. The molecule has 1 amide bonds. The molecule has 1 aromatic heterocycles. The van der Waals surface area contributed by atoms with Crippen LogP contribution in [0, 0.1) is 12.8 Å². The van der Waals surface area contributed by atoms with Crippen molar-refractivity contribution in [2.45, 2.75) is 26.7 Å². The molecule has 0 aliphatic carbocycles. The van der Waals surface area contributed by atoms with Crippen molar-refractivity contribution < 1.29 is 9.53 Å². The lowest BCUT2D eigenvalue weighted by atomic mass is 9.96. The van der Waals surface area contributed by atoms with Gasteiger partial charge in [0.1, 0.15) is 5.75 Å². The normalized spacial score (nSPS) is 14.3. The highest BCUT2D eigenvalue weighted by Gasteiger charge is 2.26. The Morgan fingerprint density at radius 2 is 1.81 bits per heavy atom. The summed E-state index contributed by atoms with van der Waals surface area (Å²) in [5, 5.41) is 3.04. The number of para-hydroxylation sites is 2. The average molecular weight is 417 g/mol. The predicted octanol–water partition coefficient (Wildman–Crippen LogP) is 4.71. The largest absolute Gasteiger partial charge is 0.492 e. The Morgan fingerprint density at radius 1 is 1.06 bits per heavy atom. The van der Waals surface area contributed by atoms with Crippen LogP contribution in [0.15, 0.2) is 60.9 Å². The van der Waals surface area contributed by atoms with E-state index < -0.39 is 0 Å². The van der Waals surface area contributed by atoms with Crippen molar-refractivity contribution in [3.8, 4) is 16.9 Å². The Balaban J connectivity index is 1.35. The molecule has 6 heteroatoms. The van der Waals surface area contributed by atoms with Crippen LogP contribution in [0.2, 0.25) is 0 Å². The Bertz CT molecular complexity index is 1030. The van der Waals surface area contributed by atoms with E-state index in [0.717, 1.165) is 48.7 Å². The van der Waals surface area contributed by atoms with E-state index in [0.29, 0.717) is 12.4 Å². The molecule has 1 saturated heterocycles. The Kier molecular flexibility index (Phi) is 6.46. The lowest BCUT2D eigenvalue weighted by molar-refractivity contribution is -0.120. The molecule has 2 aromatic carbocycles. The lowest BCUT2D eigenvalue weighted by Gasteiger charge is -2.31. The zero-order valence-electron chi connectivity index (χ0n) is 18.0. The molecule has 1 fully saturated rings. The summed E-state index contributed by atoms with van der Waals surface area (Å²) in [7, 11) is 0. The number of amides is 1. The second-order valence-electron chi connectivity index (χ2n) is 7.82. The highest BCUT2D eigenvalue weighted by molar-refractivity contribution is 5.94. The van der Waals surface area contributed by atoms with Gasteiger partial charge >= 0.3 is 0 Å². The number of hydrogen-bond donors (Lipinski definition) is 1. The molecule has 1 aliphatic rings. The number of rotatable bonds is 6. The number of piperidine rings is 1. The van der Waals surface area contributed by atoms with Crippen molar-refractivity contribution in [1.29, 1.82) is 0 Å². The SMILES string of the molecule is CCOc1ccccc1NC(=O)C1CCN(c2ncc(-c3cccc(C)c3)cn2)CC1. The third-order valence-electron chi connectivity index (χ3n) is 5.58. The highest BCUT2D eigenvalue weighted by Crippen LogP contribution is 2.27. The molecule has 0 spiro atoms. The van der Waals surface area contributed by atoms with Gasteiger partial charge in [-0.25, -0.2) is 9.97 Å². The quantitative estimate of drug-likeness (QED) is 0.631. The molecule has 6 nitrogen and oxygen atoms in total. The van der Waals surface area contributed by atoms with Gasteiger partial charge < -0.3 is 15.0 Å². The molecule has 2 heterocycles. The number of nitrogens with one attached hydrogen (secondary N) is 1. The maximum absolute atomic E-state index is 12.8. The first-order valence-corrected chi connectivity index (χ1v) is 10.8. The van der Waals surface area contributed by atoms with Gasteiger partial charge in [0.15, 0.2) is 0 Å². The van der Waals surface area contributed by atoms with Gasteiger partial charge in [-0.05, 0) is 44.4 Å². The van der Waals surface area contributed by atoms with E-state index >= 15 is 0 Å². The van der Waals surface area contributed by atoms with Crippen LogP contribution in [-0.4, -0.2) is 35.6 Å². The summed E-state index contributed by atoms with van der Waals surface area (Å²) in [6.45, 7) is 6.09. The number of ether oxygens (including phenoxy) is 1. The van der Waals surface area contributed by atoms with Crippen LogP contribution in [0.1, 0.15) is 25.3 Å². The lowest BCUT2D eigenvalue weighted by Crippen LogP contribution is -2.39. The molecule has 160 valence electrons. The van der Waals surface area contributed by atoms with Crippen LogP contribution in [0.4, 0.5) is 11.6 Å². The molecular weight excluding hydrogens is 388 g/mol. The number of carbonyl (C=O) groups excluding carboxylic acids is 1. The van der Waals surface area contributed by atoms with Crippen molar-refractivity contribution in [3.05, 3.63) is 66.5 Å². The van der Waals surface area contributed by atoms with Gasteiger partial charge in [0, 0.05) is 37.0 Å². The van der Waals surface area contributed by atoms with Crippen molar-refractivity contribution in [2.75, 3.05) is 29.9 Å². The molecule has 0 bridgehead atoms. The number of benzene rings is 2. The van der Waals surface area contributed by atoms with Gasteiger partial charge in [0.05, 0.1) is 12.3 Å². The van der Waals surface area contributed by atoms with Gasteiger partial charge in [-0.2, -0.15) is 0 Å². The van der Waals surface area contributed by atoms with Crippen LogP contribution < -0.4 is 15.0 Å². The topological polar surface area (TPSA) is 67.3 Å². The molecule has 0 atom stereocenters. The van der Waals surface area contributed by atoms with E-state index in [1.54, 1.807) is 0 Å². The Labute approximate surface area is 183 Å². The molecule has 31 heavy (non-hydrogen) atoms. The second kappa shape index (κ2) is 9.60. The van der Waals surface area contributed by atoms with Crippen molar-refractivity contribution in [3.63, 3.8) is 0 Å². The third kappa shape index (κ3) is 5.02. The first-order chi connectivity index (χ1) is 15.1. The van der Waals surface area contributed by atoms with E-state index in [-0.39, 0.29) is 11.8 Å². The zero-order chi connectivity index (χ0) is 21.6. The predicted molar refractivity (Wildman–Crippen MR) is 123 cm³/mol. The first-order valence-electron chi connectivity index (χ1n) is 10.8. The Hall–Kier alpha value is -3.41. The summed E-state index contributed by atoms with van der Waals surface area (Å²) in [6, 6.07) is 15.9. The van der Waals surface area contributed by atoms with Crippen molar-refractivity contribution in [2.24, 2.45) is 5.92 Å². The van der Waals surface area contributed by atoms with E-state index in [9.17, 15) is 4.79 Å². The summed E-state index contributed by atoms with van der Waals surface area (Å²) in [4.78, 5) is 24.1. The first kappa shape index (κ1) is 20.8. The zero-order valence-corrected chi connectivity index (χ0v) is 18.0. The minimum absolute atomic E-state index is 0.0301. The van der Waals surface area contributed by atoms with Gasteiger partial charge in [0.25, 0.3) is 0 Å². The second-order valence-corrected chi connectivity index (χ2v) is 7.82. The van der Waals surface area contributed by atoms with Crippen LogP contribution in [0.3, 0.4) is 0 Å². The average Bonchev–Trinajstić information content (AvgIpc) is 2.81. The fourth-order valence-corrected chi connectivity index (χ4v) is 3.89. The molecule has 1 aliphatic heterocycles. The number of aromatic nitrogens is 2. The fourth-order valence-electron chi connectivity index (χ4n) is 3.89. The summed E-state index contributed by atoms with van der Waals surface area (Å²) < 4.78 is 5.61. The molecule has 1 N–H and O–H groups in total. The standard InChI is InChI=1S/C25H28N4O2/c1-3-31-23-10-5-4-9-22(23)28-24(30)19-11-13-29(14-12-19)25-26-16-21(17-27-25)20-8-6-7-18(2)15-20/h4-10,15-17,19H,3,11-14H2,1-2H3,(H,28,30). The van der Waals surface area contributed by atoms with E-state index in [1.807, 2.05) is 49.6 Å². The van der Waals surface area contributed by atoms with Gasteiger partial charge in [0.2, 0.25) is 11.9 Å². The minimum atomic E-state index is -0.0301. The summed E-state index contributed by atoms with van der Waals surface area (Å²) >= 11 is 0. The van der Waals surface area contributed by atoms with E-state index in [2.05, 4.69) is 45.3 Å². The van der Waals surface area contributed by atoms with Gasteiger partial charge in [-0.3, -0.25) is 4.79 Å². The van der Waals surface area contributed by atoms with Crippen LogP contribution in [-0.2, 0) is 4.79 Å². The number of hydrogen-bond acceptors (Lipinski definition) is 5. The van der Waals surface area contributed by atoms with Crippen molar-refractivity contribution in [1.82, 2.24) is 9.97 Å². The Morgan fingerprint density at radius 3 is 2.52 bits per heavy atom. The molecule has 0 radical (unpaired) electrons. The number of anilines is 2. The van der Waals surface area contributed by atoms with E-state index in [1.165, 1.54) is 5.56 Å². The maximum Gasteiger partial charge on any atom is 0.227 e. The molecule has 3 aromatic rings. The van der Waals surface area contributed by atoms with Crippen molar-refractivity contribution >= 4 is 17.5 Å². The third-order valence-corrected chi connectivity index (χ3v) is 5.58. The number of aryl methyl sites for hydroxylation is 1. The summed E-state index contributed by atoms with van der Waals surface area (Å²) in [5.41, 5.74) is 4.07. The summed E-state index contributed by atoms with van der Waals surface area (Å²) in [6.07, 6.45) is 5.29. The fraction of sp³-hybridized carbons (Fsp3) is 0.320.